The first-order chi connectivity index (χ1) is 15.6. The number of carboxylic acid groups (broad SMARTS) is 1. The van der Waals surface area contributed by atoms with Crippen molar-refractivity contribution in [3.8, 4) is 0 Å². The zero-order valence-electron chi connectivity index (χ0n) is 21.2. The minimum absolute atomic E-state index is 0.0699. The van der Waals surface area contributed by atoms with Gasteiger partial charge in [0.1, 0.15) is 0 Å². The average molecular weight is 462 g/mol. The summed E-state index contributed by atoms with van der Waals surface area (Å²) in [7, 11) is 0. The van der Waals surface area contributed by atoms with Crippen LogP contribution in [0.4, 0.5) is 0 Å². The van der Waals surface area contributed by atoms with Gasteiger partial charge in [-0.15, -0.1) is 0 Å². The molecule has 4 aliphatic carbocycles. The molecule has 0 aromatic rings. The molecule has 188 valence electrons. The summed E-state index contributed by atoms with van der Waals surface area (Å²) in [4.78, 5) is 22.9. The molecule has 0 aromatic carbocycles. The number of aliphatic hydroxyl groups is 1. The number of hydrogen-bond acceptors (Lipinski definition) is 3. The second-order valence-corrected chi connectivity index (χ2v) is 12.7. The van der Waals surface area contributed by atoms with Gasteiger partial charge in [0.2, 0.25) is 5.91 Å². The molecule has 3 N–H and O–H groups in total. The molecule has 0 unspecified atom stereocenters. The summed E-state index contributed by atoms with van der Waals surface area (Å²) in [6.45, 7) is 7.96. The van der Waals surface area contributed by atoms with Gasteiger partial charge in [-0.25, -0.2) is 0 Å². The van der Waals surface area contributed by atoms with Crippen LogP contribution in [0.2, 0.25) is 0 Å². The Morgan fingerprint density at radius 3 is 2.45 bits per heavy atom. The van der Waals surface area contributed by atoms with E-state index >= 15 is 0 Å². The maximum absolute atomic E-state index is 12.3. The van der Waals surface area contributed by atoms with Gasteiger partial charge in [-0.2, -0.15) is 0 Å². The van der Waals surface area contributed by atoms with Gasteiger partial charge in [-0.05, 0) is 117 Å². The van der Waals surface area contributed by atoms with Crippen LogP contribution in [0.15, 0.2) is 0 Å². The van der Waals surface area contributed by atoms with Gasteiger partial charge >= 0.3 is 5.97 Å². The van der Waals surface area contributed by atoms with Crippen molar-refractivity contribution in [2.75, 3.05) is 6.54 Å². The largest absolute Gasteiger partial charge is 0.481 e. The van der Waals surface area contributed by atoms with Gasteiger partial charge < -0.3 is 15.5 Å². The van der Waals surface area contributed by atoms with Crippen molar-refractivity contribution in [3.63, 3.8) is 0 Å². The van der Waals surface area contributed by atoms with E-state index < -0.39 is 5.97 Å². The van der Waals surface area contributed by atoms with Crippen molar-refractivity contribution < 1.29 is 19.8 Å². The summed E-state index contributed by atoms with van der Waals surface area (Å²) in [5, 5.41) is 21.9. The summed E-state index contributed by atoms with van der Waals surface area (Å²) < 4.78 is 0. The Morgan fingerprint density at radius 2 is 1.70 bits per heavy atom. The predicted molar refractivity (Wildman–Crippen MR) is 130 cm³/mol. The molecule has 0 bridgehead atoms. The van der Waals surface area contributed by atoms with Crippen LogP contribution in [0, 0.1) is 46.3 Å². The molecule has 4 rings (SSSR count). The first-order valence-electron chi connectivity index (χ1n) is 13.8. The molecule has 4 saturated carbocycles. The van der Waals surface area contributed by atoms with E-state index in [9.17, 15) is 14.7 Å². The molecule has 0 aliphatic heterocycles. The molecular weight excluding hydrogens is 414 g/mol. The van der Waals surface area contributed by atoms with Crippen LogP contribution in [-0.4, -0.2) is 34.7 Å². The van der Waals surface area contributed by atoms with Crippen LogP contribution in [-0.2, 0) is 9.59 Å². The second kappa shape index (κ2) is 9.87. The van der Waals surface area contributed by atoms with E-state index in [1.165, 1.54) is 44.9 Å². The molecule has 0 heterocycles. The molecule has 5 nitrogen and oxygen atoms in total. The van der Waals surface area contributed by atoms with Crippen LogP contribution < -0.4 is 5.32 Å². The van der Waals surface area contributed by atoms with Crippen molar-refractivity contribution in [3.05, 3.63) is 0 Å². The molecule has 1 amide bonds. The van der Waals surface area contributed by atoms with E-state index in [2.05, 4.69) is 26.1 Å². The first-order valence-corrected chi connectivity index (χ1v) is 13.8. The van der Waals surface area contributed by atoms with E-state index in [-0.39, 0.29) is 18.4 Å². The molecule has 9 atom stereocenters. The Kier molecular flexibility index (Phi) is 7.48. The summed E-state index contributed by atoms with van der Waals surface area (Å²) in [5.41, 5.74) is 0.849. The van der Waals surface area contributed by atoms with E-state index in [1.54, 1.807) is 0 Å². The van der Waals surface area contributed by atoms with Gasteiger partial charge in [0, 0.05) is 19.4 Å². The SMILES string of the molecule is C[C@H](CCC(=O)NCCCC(=O)O)[C@H]1CC[C@H]2[C@@H]3CC[C@@H]4C[C@H](O)CC[C@]4(C)[C@H]3CC[C@]12C. The fraction of sp³-hybridized carbons (Fsp3) is 0.929. The number of amides is 1. The van der Waals surface area contributed by atoms with Crippen LogP contribution in [0.1, 0.15) is 104 Å². The molecule has 0 spiro atoms. The van der Waals surface area contributed by atoms with Crippen LogP contribution >= 0.6 is 0 Å². The van der Waals surface area contributed by atoms with E-state index in [1.807, 2.05) is 0 Å². The maximum Gasteiger partial charge on any atom is 0.303 e. The molecule has 4 aliphatic rings. The smallest absolute Gasteiger partial charge is 0.303 e. The lowest BCUT2D eigenvalue weighted by atomic mass is 9.44. The fourth-order valence-electron chi connectivity index (χ4n) is 9.33. The monoisotopic (exact) mass is 461 g/mol. The highest BCUT2D eigenvalue weighted by atomic mass is 16.4. The number of aliphatic hydroxyl groups excluding tert-OH is 1. The lowest BCUT2D eigenvalue weighted by molar-refractivity contribution is -0.137. The zero-order chi connectivity index (χ0) is 23.8. The Morgan fingerprint density at radius 1 is 0.970 bits per heavy atom. The zero-order valence-corrected chi connectivity index (χ0v) is 21.2. The molecule has 5 heteroatoms. The molecule has 0 saturated heterocycles. The second-order valence-electron chi connectivity index (χ2n) is 12.7. The maximum atomic E-state index is 12.3. The van der Waals surface area contributed by atoms with Gasteiger partial charge in [0.25, 0.3) is 0 Å². The average Bonchev–Trinajstić information content (AvgIpc) is 3.12. The fourth-order valence-corrected chi connectivity index (χ4v) is 9.33. The molecule has 0 aromatic heterocycles. The third-order valence-electron chi connectivity index (χ3n) is 11.1. The van der Waals surface area contributed by atoms with Crippen molar-refractivity contribution in [1.29, 1.82) is 0 Å². The van der Waals surface area contributed by atoms with Crippen molar-refractivity contribution in [1.82, 2.24) is 5.32 Å². The summed E-state index contributed by atoms with van der Waals surface area (Å²) in [5.74, 6) is 3.78. The lowest BCUT2D eigenvalue weighted by Crippen LogP contribution is -2.54. The Hall–Kier alpha value is -1.10. The number of fused-ring (bicyclic) bond motifs is 5. The standard InChI is InChI=1S/C28H47NO4/c1-18(6-11-25(31)29-16-4-5-26(32)33)22-9-10-23-21-8-7-19-17-20(30)12-14-27(19,2)24(21)13-15-28(22,23)3/h18-24,30H,4-17H2,1-3H3,(H,29,31)(H,32,33)/t18-,19-,20-,21+,22-,23+,24+,27+,28-/m1/s1. The number of aliphatic carboxylic acids is 1. The molecule has 4 fully saturated rings. The summed E-state index contributed by atoms with van der Waals surface area (Å²) >= 11 is 0. The quantitative estimate of drug-likeness (QED) is 0.422. The van der Waals surface area contributed by atoms with Crippen LogP contribution in [0.25, 0.3) is 0 Å². The Balaban J connectivity index is 1.33. The highest BCUT2D eigenvalue weighted by molar-refractivity contribution is 5.75. The number of nitrogens with one attached hydrogen (secondary N) is 1. The van der Waals surface area contributed by atoms with Gasteiger partial charge in [0.15, 0.2) is 0 Å². The van der Waals surface area contributed by atoms with Crippen molar-refractivity contribution in [2.45, 2.75) is 110 Å². The van der Waals surface area contributed by atoms with E-state index in [0.717, 1.165) is 42.9 Å². The number of hydrogen-bond donors (Lipinski definition) is 3. The minimum Gasteiger partial charge on any atom is -0.481 e. The number of carbonyl (C=O) groups is 2. The van der Waals surface area contributed by atoms with Crippen molar-refractivity contribution >= 4 is 11.9 Å². The molecule has 33 heavy (non-hydrogen) atoms. The summed E-state index contributed by atoms with van der Waals surface area (Å²) in [6.07, 6.45) is 13.3. The topological polar surface area (TPSA) is 86.6 Å². The number of carboxylic acids is 1. The van der Waals surface area contributed by atoms with E-state index in [4.69, 9.17) is 5.11 Å². The number of rotatable bonds is 8. The van der Waals surface area contributed by atoms with Gasteiger partial charge in [0.05, 0.1) is 6.10 Å². The predicted octanol–water partition coefficient (Wildman–Crippen LogP) is 5.40. The lowest BCUT2D eigenvalue weighted by Gasteiger charge is -2.61. The Bertz CT molecular complexity index is 725. The van der Waals surface area contributed by atoms with Gasteiger partial charge in [-0.3, -0.25) is 9.59 Å². The molecular formula is C28H47NO4. The highest BCUT2D eigenvalue weighted by Gasteiger charge is 2.60. The van der Waals surface area contributed by atoms with E-state index in [0.29, 0.717) is 42.1 Å². The van der Waals surface area contributed by atoms with Crippen LogP contribution in [0.5, 0.6) is 0 Å². The number of carbonyl (C=O) groups excluding carboxylic acids is 1. The Labute approximate surface area is 200 Å². The third-order valence-corrected chi connectivity index (χ3v) is 11.1. The molecule has 0 radical (unpaired) electrons. The first kappa shape index (κ1) is 25.0. The normalized spacial score (nSPS) is 43.2. The van der Waals surface area contributed by atoms with Crippen molar-refractivity contribution in [2.24, 2.45) is 46.3 Å². The third kappa shape index (κ3) is 4.86. The summed E-state index contributed by atoms with van der Waals surface area (Å²) in [6, 6.07) is 0. The minimum atomic E-state index is -0.805. The van der Waals surface area contributed by atoms with Crippen LogP contribution in [0.3, 0.4) is 0 Å². The van der Waals surface area contributed by atoms with Gasteiger partial charge in [-0.1, -0.05) is 20.8 Å². The highest BCUT2D eigenvalue weighted by Crippen LogP contribution is 2.68.